The first-order valence-electron chi connectivity index (χ1n) is 4.45. The standard InChI is InChI=1S/C11H10N2O2/c1-15-11(14)9-5-7(12)6-10-8(9)3-2-4-13-10/h2-6H,12H2,1H3. The summed E-state index contributed by atoms with van der Waals surface area (Å²) in [6.07, 6.45) is 1.66. The van der Waals surface area contributed by atoms with Crippen molar-refractivity contribution in [1.29, 1.82) is 0 Å². The number of fused-ring (bicyclic) bond motifs is 1. The van der Waals surface area contributed by atoms with Crippen LogP contribution in [0.15, 0.2) is 30.5 Å². The van der Waals surface area contributed by atoms with Crippen LogP contribution in [0.2, 0.25) is 0 Å². The van der Waals surface area contributed by atoms with E-state index in [0.29, 0.717) is 16.8 Å². The molecule has 0 saturated carbocycles. The van der Waals surface area contributed by atoms with Crippen molar-refractivity contribution in [3.63, 3.8) is 0 Å². The van der Waals surface area contributed by atoms with Gasteiger partial charge in [0.25, 0.3) is 0 Å². The lowest BCUT2D eigenvalue weighted by Gasteiger charge is -2.05. The van der Waals surface area contributed by atoms with Crippen LogP contribution >= 0.6 is 0 Å². The summed E-state index contributed by atoms with van der Waals surface area (Å²) in [5, 5.41) is 0.749. The third-order valence-corrected chi connectivity index (χ3v) is 2.15. The minimum absolute atomic E-state index is 0.402. The molecule has 0 atom stereocenters. The molecule has 0 amide bonds. The molecule has 1 aromatic carbocycles. The number of ether oxygens (including phenoxy) is 1. The van der Waals surface area contributed by atoms with Crippen LogP contribution in [0, 0.1) is 0 Å². The molecular formula is C11H10N2O2. The van der Waals surface area contributed by atoms with Gasteiger partial charge in [0.15, 0.2) is 0 Å². The molecule has 0 aliphatic heterocycles. The number of nitrogen functional groups attached to an aromatic ring is 1. The summed E-state index contributed by atoms with van der Waals surface area (Å²) in [6, 6.07) is 6.90. The maximum Gasteiger partial charge on any atom is 0.338 e. The van der Waals surface area contributed by atoms with Crippen molar-refractivity contribution >= 4 is 22.6 Å². The van der Waals surface area contributed by atoms with Gasteiger partial charge in [0.2, 0.25) is 0 Å². The van der Waals surface area contributed by atoms with E-state index < -0.39 is 5.97 Å². The number of nitrogens with zero attached hydrogens (tertiary/aromatic N) is 1. The molecule has 1 heterocycles. The number of rotatable bonds is 1. The number of methoxy groups -OCH3 is 1. The van der Waals surface area contributed by atoms with Gasteiger partial charge in [0.05, 0.1) is 18.2 Å². The number of carbonyl (C=O) groups excluding carboxylic acids is 1. The normalized spacial score (nSPS) is 10.2. The molecule has 15 heavy (non-hydrogen) atoms. The van der Waals surface area contributed by atoms with Gasteiger partial charge in [-0.05, 0) is 18.2 Å². The molecule has 0 fully saturated rings. The minimum atomic E-state index is -0.402. The predicted octanol–water partition coefficient (Wildman–Crippen LogP) is 1.60. The number of hydrogen-bond donors (Lipinski definition) is 1. The zero-order valence-electron chi connectivity index (χ0n) is 8.23. The second-order valence-corrected chi connectivity index (χ2v) is 3.13. The van der Waals surface area contributed by atoms with Crippen LogP contribution in [0.1, 0.15) is 10.4 Å². The SMILES string of the molecule is COC(=O)c1cc(N)cc2ncccc12. The van der Waals surface area contributed by atoms with Gasteiger partial charge < -0.3 is 10.5 Å². The Balaban J connectivity index is 2.76. The molecule has 0 bridgehead atoms. The Morgan fingerprint density at radius 3 is 3.00 bits per heavy atom. The van der Waals surface area contributed by atoms with Gasteiger partial charge in [-0.25, -0.2) is 4.79 Å². The monoisotopic (exact) mass is 202 g/mol. The number of aromatic nitrogens is 1. The van der Waals surface area contributed by atoms with Crippen molar-refractivity contribution in [3.8, 4) is 0 Å². The van der Waals surface area contributed by atoms with E-state index in [0.717, 1.165) is 5.39 Å². The molecular weight excluding hydrogens is 192 g/mol. The molecule has 0 radical (unpaired) electrons. The van der Waals surface area contributed by atoms with Crippen molar-refractivity contribution in [2.45, 2.75) is 0 Å². The first-order chi connectivity index (χ1) is 7.22. The third-order valence-electron chi connectivity index (χ3n) is 2.15. The lowest BCUT2D eigenvalue weighted by Crippen LogP contribution is -2.03. The average molecular weight is 202 g/mol. The van der Waals surface area contributed by atoms with Crippen molar-refractivity contribution in [2.75, 3.05) is 12.8 Å². The molecule has 4 heteroatoms. The van der Waals surface area contributed by atoms with Crippen molar-refractivity contribution < 1.29 is 9.53 Å². The number of benzene rings is 1. The number of nitrogens with two attached hydrogens (primary N) is 1. The first-order valence-corrected chi connectivity index (χ1v) is 4.45. The summed E-state index contributed by atoms with van der Waals surface area (Å²) in [5.74, 6) is -0.402. The Hall–Kier alpha value is -2.10. The van der Waals surface area contributed by atoms with Gasteiger partial charge in [-0.1, -0.05) is 6.07 Å². The molecule has 1 aromatic heterocycles. The highest BCUT2D eigenvalue weighted by Crippen LogP contribution is 2.21. The van der Waals surface area contributed by atoms with E-state index in [9.17, 15) is 4.79 Å². The second-order valence-electron chi connectivity index (χ2n) is 3.13. The Morgan fingerprint density at radius 1 is 1.47 bits per heavy atom. The maximum absolute atomic E-state index is 11.5. The van der Waals surface area contributed by atoms with Gasteiger partial charge in [0.1, 0.15) is 0 Å². The predicted molar refractivity (Wildman–Crippen MR) is 57.5 cm³/mol. The largest absolute Gasteiger partial charge is 0.465 e. The van der Waals surface area contributed by atoms with E-state index in [2.05, 4.69) is 9.72 Å². The Bertz CT molecular complexity index is 523. The second kappa shape index (κ2) is 3.57. The van der Waals surface area contributed by atoms with E-state index in [1.54, 1.807) is 24.4 Å². The summed E-state index contributed by atoms with van der Waals surface area (Å²) in [6.45, 7) is 0. The Morgan fingerprint density at radius 2 is 2.27 bits per heavy atom. The summed E-state index contributed by atoms with van der Waals surface area (Å²) in [7, 11) is 1.34. The van der Waals surface area contributed by atoms with Gasteiger partial charge in [-0.15, -0.1) is 0 Å². The van der Waals surface area contributed by atoms with Gasteiger partial charge in [-0.3, -0.25) is 4.98 Å². The molecule has 2 rings (SSSR count). The lowest BCUT2D eigenvalue weighted by atomic mass is 10.1. The number of pyridine rings is 1. The summed E-state index contributed by atoms with van der Waals surface area (Å²) in [4.78, 5) is 15.6. The molecule has 0 aliphatic carbocycles. The fraction of sp³-hybridized carbons (Fsp3) is 0.0909. The van der Waals surface area contributed by atoms with Gasteiger partial charge >= 0.3 is 5.97 Å². The maximum atomic E-state index is 11.5. The third kappa shape index (κ3) is 1.61. The highest BCUT2D eigenvalue weighted by molar-refractivity contribution is 6.04. The van der Waals surface area contributed by atoms with Crippen LogP contribution < -0.4 is 5.73 Å². The van der Waals surface area contributed by atoms with Crippen LogP contribution in [-0.2, 0) is 4.74 Å². The van der Waals surface area contributed by atoms with Crippen LogP contribution in [0.3, 0.4) is 0 Å². The molecule has 0 spiro atoms. The highest BCUT2D eigenvalue weighted by atomic mass is 16.5. The average Bonchev–Trinajstić information content (AvgIpc) is 2.26. The Labute approximate surface area is 86.7 Å². The highest BCUT2D eigenvalue weighted by Gasteiger charge is 2.11. The molecule has 0 saturated heterocycles. The van der Waals surface area contributed by atoms with E-state index in [4.69, 9.17) is 5.73 Å². The molecule has 2 aromatic rings. The zero-order chi connectivity index (χ0) is 10.8. The van der Waals surface area contributed by atoms with Gasteiger partial charge in [-0.2, -0.15) is 0 Å². The molecule has 0 aliphatic rings. The number of hydrogen-bond acceptors (Lipinski definition) is 4. The smallest absolute Gasteiger partial charge is 0.338 e. The number of esters is 1. The summed E-state index contributed by atoms with van der Waals surface area (Å²) >= 11 is 0. The van der Waals surface area contributed by atoms with Gasteiger partial charge in [0, 0.05) is 17.3 Å². The van der Waals surface area contributed by atoms with E-state index in [1.165, 1.54) is 7.11 Å². The van der Waals surface area contributed by atoms with E-state index >= 15 is 0 Å². The molecule has 76 valence electrons. The van der Waals surface area contributed by atoms with Crippen molar-refractivity contribution in [1.82, 2.24) is 4.98 Å². The van der Waals surface area contributed by atoms with Crippen LogP contribution in [0.25, 0.3) is 10.9 Å². The van der Waals surface area contributed by atoms with Crippen molar-refractivity contribution in [3.05, 3.63) is 36.0 Å². The van der Waals surface area contributed by atoms with E-state index in [1.807, 2.05) is 6.07 Å². The number of carbonyl (C=O) groups is 1. The molecule has 4 nitrogen and oxygen atoms in total. The van der Waals surface area contributed by atoms with Crippen LogP contribution in [0.4, 0.5) is 5.69 Å². The molecule has 2 N–H and O–H groups in total. The van der Waals surface area contributed by atoms with Crippen LogP contribution in [-0.4, -0.2) is 18.1 Å². The summed E-state index contributed by atoms with van der Waals surface area (Å²) in [5.41, 5.74) is 7.31. The van der Waals surface area contributed by atoms with E-state index in [-0.39, 0.29) is 0 Å². The van der Waals surface area contributed by atoms with Crippen LogP contribution in [0.5, 0.6) is 0 Å². The topological polar surface area (TPSA) is 65.2 Å². The minimum Gasteiger partial charge on any atom is -0.465 e. The quantitative estimate of drug-likeness (QED) is 0.563. The lowest BCUT2D eigenvalue weighted by molar-refractivity contribution is 0.0603. The molecule has 0 unspecified atom stereocenters. The van der Waals surface area contributed by atoms with Crippen molar-refractivity contribution in [2.24, 2.45) is 0 Å². The number of anilines is 1. The fourth-order valence-electron chi connectivity index (χ4n) is 1.48. The fourth-order valence-corrected chi connectivity index (χ4v) is 1.48. The Kier molecular flexibility index (Phi) is 2.25. The summed E-state index contributed by atoms with van der Waals surface area (Å²) < 4.78 is 4.68. The first kappa shape index (κ1) is 9.45. The zero-order valence-corrected chi connectivity index (χ0v) is 8.23.